The van der Waals surface area contributed by atoms with E-state index in [1.54, 1.807) is 0 Å². The number of hydrogen-bond acceptors (Lipinski definition) is 4. The van der Waals surface area contributed by atoms with Crippen LogP contribution < -0.4 is 10.6 Å². The second-order valence-electron chi connectivity index (χ2n) is 7.12. The van der Waals surface area contributed by atoms with Crippen LogP contribution in [0, 0.1) is 13.8 Å². The molecule has 6 nitrogen and oxygen atoms in total. The number of guanidine groups is 1. The van der Waals surface area contributed by atoms with Gasteiger partial charge in [-0.2, -0.15) is 0 Å². The smallest absolute Gasteiger partial charge is 0.191 e. The lowest BCUT2D eigenvalue weighted by Gasteiger charge is -2.40. The maximum absolute atomic E-state index is 5.22. The topological polar surface area (TPSA) is 65.7 Å². The second-order valence-corrected chi connectivity index (χ2v) is 7.12. The van der Waals surface area contributed by atoms with Crippen LogP contribution in [0.25, 0.3) is 0 Å². The molecule has 6 heteroatoms. The van der Waals surface area contributed by atoms with Gasteiger partial charge in [0.25, 0.3) is 0 Å². The van der Waals surface area contributed by atoms with Gasteiger partial charge in [-0.3, -0.25) is 4.99 Å². The highest BCUT2D eigenvalue weighted by atomic mass is 16.5. The predicted molar refractivity (Wildman–Crippen MR) is 98.3 cm³/mol. The highest BCUT2D eigenvalue weighted by Crippen LogP contribution is 2.30. The fourth-order valence-corrected chi connectivity index (χ4v) is 3.56. The van der Waals surface area contributed by atoms with Crippen LogP contribution in [0.3, 0.4) is 0 Å². The normalized spacial score (nSPS) is 18.5. The van der Waals surface area contributed by atoms with Crippen molar-refractivity contribution in [1.29, 1.82) is 0 Å². The minimum atomic E-state index is 0.219. The fourth-order valence-electron chi connectivity index (χ4n) is 3.56. The van der Waals surface area contributed by atoms with Crippen molar-refractivity contribution in [1.82, 2.24) is 20.7 Å². The highest BCUT2D eigenvalue weighted by molar-refractivity contribution is 5.79. The van der Waals surface area contributed by atoms with E-state index in [-0.39, 0.29) is 5.54 Å². The molecule has 1 heterocycles. The summed E-state index contributed by atoms with van der Waals surface area (Å²) in [5.74, 6) is 1.70. The van der Waals surface area contributed by atoms with E-state index in [2.05, 4.69) is 39.8 Å². The van der Waals surface area contributed by atoms with Gasteiger partial charge < -0.3 is 20.1 Å². The van der Waals surface area contributed by atoms with Gasteiger partial charge in [-0.15, -0.1) is 0 Å². The number of aryl methyl sites for hydroxylation is 2. The van der Waals surface area contributed by atoms with Crippen molar-refractivity contribution in [2.75, 3.05) is 27.7 Å². The molecule has 1 aliphatic carbocycles. The lowest BCUT2D eigenvalue weighted by molar-refractivity contribution is 0.132. The fraction of sp³-hybridized carbons (Fsp3) is 0.778. The number of nitrogens with one attached hydrogen (secondary N) is 2. The van der Waals surface area contributed by atoms with Gasteiger partial charge in [0.05, 0.1) is 5.69 Å². The number of nitrogens with zero attached hydrogens (tertiary/aromatic N) is 3. The van der Waals surface area contributed by atoms with Crippen LogP contribution in [-0.2, 0) is 6.54 Å². The van der Waals surface area contributed by atoms with Gasteiger partial charge in [-0.05, 0) is 40.8 Å². The Hall–Kier alpha value is -1.56. The van der Waals surface area contributed by atoms with E-state index in [1.807, 2.05) is 20.9 Å². The van der Waals surface area contributed by atoms with Crippen molar-refractivity contribution in [3.05, 3.63) is 17.0 Å². The van der Waals surface area contributed by atoms with Crippen molar-refractivity contribution < 1.29 is 4.52 Å². The first-order chi connectivity index (χ1) is 11.5. The number of hydrogen-bond donors (Lipinski definition) is 2. The van der Waals surface area contributed by atoms with E-state index in [1.165, 1.54) is 38.5 Å². The van der Waals surface area contributed by atoms with Crippen molar-refractivity contribution in [3.63, 3.8) is 0 Å². The summed E-state index contributed by atoms with van der Waals surface area (Å²) < 4.78 is 5.22. The van der Waals surface area contributed by atoms with Crippen LogP contribution in [0.2, 0.25) is 0 Å². The molecule has 0 aliphatic heterocycles. The molecule has 0 saturated heterocycles. The van der Waals surface area contributed by atoms with Gasteiger partial charge in [-0.25, -0.2) is 0 Å². The molecule has 1 fully saturated rings. The molecule has 2 rings (SSSR count). The lowest BCUT2D eigenvalue weighted by Crippen LogP contribution is -2.54. The van der Waals surface area contributed by atoms with Gasteiger partial charge in [0.2, 0.25) is 0 Å². The molecule has 0 radical (unpaired) electrons. The van der Waals surface area contributed by atoms with E-state index >= 15 is 0 Å². The van der Waals surface area contributed by atoms with E-state index < -0.39 is 0 Å². The van der Waals surface area contributed by atoms with E-state index in [4.69, 9.17) is 4.52 Å². The molecule has 1 aromatic rings. The van der Waals surface area contributed by atoms with Crippen LogP contribution >= 0.6 is 0 Å². The molecule has 0 aromatic carbocycles. The first-order valence-corrected chi connectivity index (χ1v) is 9.02. The van der Waals surface area contributed by atoms with Gasteiger partial charge in [0.1, 0.15) is 5.76 Å². The first-order valence-electron chi connectivity index (χ1n) is 9.02. The Balaban J connectivity index is 1.94. The predicted octanol–water partition coefficient (Wildman–Crippen LogP) is 2.61. The summed E-state index contributed by atoms with van der Waals surface area (Å²) in [5.41, 5.74) is 2.26. The first kappa shape index (κ1) is 18.8. The molecule has 0 unspecified atom stereocenters. The molecule has 1 aliphatic rings. The summed E-state index contributed by atoms with van der Waals surface area (Å²) in [4.78, 5) is 6.77. The molecule has 0 spiro atoms. The van der Waals surface area contributed by atoms with Crippen molar-refractivity contribution in [2.24, 2.45) is 4.99 Å². The molecular formula is C18H33N5O. The van der Waals surface area contributed by atoms with Crippen molar-refractivity contribution >= 4 is 5.96 Å². The molecular weight excluding hydrogens is 302 g/mol. The summed E-state index contributed by atoms with van der Waals surface area (Å²) in [6.45, 7) is 5.51. The molecule has 2 N–H and O–H groups in total. The Morgan fingerprint density at radius 3 is 2.33 bits per heavy atom. The quantitative estimate of drug-likeness (QED) is 0.492. The highest BCUT2D eigenvalue weighted by Gasteiger charge is 2.33. The Morgan fingerprint density at radius 2 is 1.83 bits per heavy atom. The summed E-state index contributed by atoms with van der Waals surface area (Å²) in [7, 11) is 6.22. The average Bonchev–Trinajstić information content (AvgIpc) is 2.77. The van der Waals surface area contributed by atoms with Gasteiger partial charge in [0.15, 0.2) is 5.96 Å². The molecule has 1 aromatic heterocycles. The van der Waals surface area contributed by atoms with Gasteiger partial charge in [0, 0.05) is 31.2 Å². The Bertz CT molecular complexity index is 522. The average molecular weight is 335 g/mol. The van der Waals surface area contributed by atoms with Gasteiger partial charge in [-0.1, -0.05) is 30.8 Å². The van der Waals surface area contributed by atoms with Crippen LogP contribution in [-0.4, -0.2) is 49.2 Å². The number of aromatic nitrogens is 1. The lowest BCUT2D eigenvalue weighted by atomic mass is 9.89. The van der Waals surface area contributed by atoms with Crippen molar-refractivity contribution in [2.45, 2.75) is 64.5 Å². The number of likely N-dealkylation sites (N-methyl/N-ethyl adjacent to an activating group) is 1. The third-order valence-electron chi connectivity index (χ3n) is 5.41. The molecule has 1 saturated carbocycles. The van der Waals surface area contributed by atoms with E-state index in [9.17, 15) is 0 Å². The maximum Gasteiger partial charge on any atom is 0.191 e. The summed E-state index contributed by atoms with van der Waals surface area (Å²) in [5, 5.41) is 10.9. The molecule has 0 bridgehead atoms. The standard InChI is InChI=1S/C18H33N5O/c1-14-16(15(2)24-22-14)12-20-17(19-3)21-13-18(23(4)5)10-8-6-7-9-11-18/h6-13H2,1-5H3,(H2,19,20,21). The second kappa shape index (κ2) is 8.51. The Morgan fingerprint density at radius 1 is 1.17 bits per heavy atom. The molecule has 24 heavy (non-hydrogen) atoms. The van der Waals surface area contributed by atoms with E-state index in [0.29, 0.717) is 6.54 Å². The molecule has 0 amide bonds. The minimum Gasteiger partial charge on any atom is -0.361 e. The zero-order chi connectivity index (χ0) is 17.6. The summed E-state index contributed by atoms with van der Waals surface area (Å²) in [6.07, 6.45) is 7.82. The number of rotatable bonds is 5. The van der Waals surface area contributed by atoms with Crippen LogP contribution in [0.15, 0.2) is 9.52 Å². The monoisotopic (exact) mass is 335 g/mol. The largest absolute Gasteiger partial charge is 0.361 e. The Labute approximate surface area is 146 Å². The van der Waals surface area contributed by atoms with Gasteiger partial charge >= 0.3 is 0 Å². The zero-order valence-electron chi connectivity index (χ0n) is 15.9. The summed E-state index contributed by atoms with van der Waals surface area (Å²) in [6, 6.07) is 0. The van der Waals surface area contributed by atoms with Crippen LogP contribution in [0.5, 0.6) is 0 Å². The van der Waals surface area contributed by atoms with Crippen LogP contribution in [0.1, 0.15) is 55.5 Å². The molecule has 0 atom stereocenters. The Kier molecular flexibility index (Phi) is 6.66. The maximum atomic E-state index is 5.22. The number of aliphatic imine (C=N–C) groups is 1. The van der Waals surface area contributed by atoms with E-state index in [0.717, 1.165) is 29.5 Å². The SMILES string of the molecule is CN=C(NCc1c(C)noc1C)NCC1(N(C)C)CCCCCC1. The zero-order valence-corrected chi connectivity index (χ0v) is 15.9. The van der Waals surface area contributed by atoms with Crippen LogP contribution in [0.4, 0.5) is 0 Å². The molecule has 136 valence electrons. The van der Waals surface area contributed by atoms with Crippen molar-refractivity contribution in [3.8, 4) is 0 Å². The third kappa shape index (κ3) is 4.50. The third-order valence-corrected chi connectivity index (χ3v) is 5.41. The minimum absolute atomic E-state index is 0.219. The summed E-state index contributed by atoms with van der Waals surface area (Å²) >= 11 is 0.